The second kappa shape index (κ2) is 11.4. The van der Waals surface area contributed by atoms with Crippen LogP contribution in [-0.4, -0.2) is 37.0 Å². The Balaban J connectivity index is 0.00000361. The standard InChI is InChI=1S/C16H32N2O.ClH/c1-4-18(5-2)16(19)9-7-6-8-14-10-12-15(17-3)13-11-14;/h14-15,17H,4-13H2,1-3H3;1H. The molecule has 1 aliphatic rings. The second-order valence-electron chi connectivity index (χ2n) is 5.82. The number of hydrogen-bond acceptors (Lipinski definition) is 2. The van der Waals surface area contributed by atoms with Crippen molar-refractivity contribution in [3.63, 3.8) is 0 Å². The summed E-state index contributed by atoms with van der Waals surface area (Å²) >= 11 is 0. The summed E-state index contributed by atoms with van der Waals surface area (Å²) in [6, 6.07) is 0.750. The Labute approximate surface area is 131 Å². The van der Waals surface area contributed by atoms with Crippen LogP contribution in [0.25, 0.3) is 0 Å². The van der Waals surface area contributed by atoms with Crippen LogP contribution in [0.5, 0.6) is 0 Å². The molecule has 0 unspecified atom stereocenters. The van der Waals surface area contributed by atoms with Crippen molar-refractivity contribution < 1.29 is 4.79 Å². The Bertz CT molecular complexity index is 249. The van der Waals surface area contributed by atoms with Crippen molar-refractivity contribution in [3.05, 3.63) is 0 Å². The van der Waals surface area contributed by atoms with E-state index in [-0.39, 0.29) is 12.4 Å². The van der Waals surface area contributed by atoms with E-state index in [1.807, 2.05) is 4.90 Å². The molecule has 120 valence electrons. The van der Waals surface area contributed by atoms with Crippen LogP contribution >= 0.6 is 12.4 Å². The zero-order chi connectivity index (χ0) is 14.1. The van der Waals surface area contributed by atoms with Crippen LogP contribution in [0.4, 0.5) is 0 Å². The number of amides is 1. The minimum Gasteiger partial charge on any atom is -0.343 e. The number of hydrogen-bond donors (Lipinski definition) is 1. The highest BCUT2D eigenvalue weighted by atomic mass is 35.5. The zero-order valence-corrected chi connectivity index (χ0v) is 14.3. The lowest BCUT2D eigenvalue weighted by atomic mass is 9.83. The molecular weight excluding hydrogens is 272 g/mol. The number of nitrogens with one attached hydrogen (secondary N) is 1. The van der Waals surface area contributed by atoms with E-state index >= 15 is 0 Å². The third-order valence-corrected chi connectivity index (χ3v) is 4.62. The van der Waals surface area contributed by atoms with Crippen LogP contribution in [0.15, 0.2) is 0 Å². The van der Waals surface area contributed by atoms with Crippen LogP contribution in [0.2, 0.25) is 0 Å². The first-order valence-corrected chi connectivity index (χ1v) is 8.16. The molecule has 20 heavy (non-hydrogen) atoms. The summed E-state index contributed by atoms with van der Waals surface area (Å²) in [6.45, 7) is 5.82. The number of nitrogens with zero attached hydrogens (tertiary/aromatic N) is 1. The average Bonchev–Trinajstić information content (AvgIpc) is 2.45. The lowest BCUT2D eigenvalue weighted by Gasteiger charge is -2.28. The van der Waals surface area contributed by atoms with Crippen molar-refractivity contribution >= 4 is 18.3 Å². The first kappa shape index (κ1) is 19.7. The molecule has 0 atom stereocenters. The summed E-state index contributed by atoms with van der Waals surface area (Å²) in [6.07, 6.45) is 9.77. The van der Waals surface area contributed by atoms with E-state index in [0.717, 1.165) is 37.9 Å². The zero-order valence-electron chi connectivity index (χ0n) is 13.5. The van der Waals surface area contributed by atoms with E-state index in [9.17, 15) is 4.79 Å². The molecule has 0 aliphatic heterocycles. The molecule has 1 saturated carbocycles. The van der Waals surface area contributed by atoms with Gasteiger partial charge in [0, 0.05) is 25.6 Å². The van der Waals surface area contributed by atoms with Gasteiger partial charge in [-0.2, -0.15) is 0 Å². The van der Waals surface area contributed by atoms with E-state index in [1.54, 1.807) is 0 Å². The average molecular weight is 305 g/mol. The molecule has 0 saturated heterocycles. The quantitative estimate of drug-likeness (QED) is 0.695. The fourth-order valence-electron chi connectivity index (χ4n) is 3.18. The number of halogens is 1. The fraction of sp³-hybridized carbons (Fsp3) is 0.938. The van der Waals surface area contributed by atoms with Crippen LogP contribution in [-0.2, 0) is 4.79 Å². The van der Waals surface area contributed by atoms with Crippen LogP contribution in [0.3, 0.4) is 0 Å². The van der Waals surface area contributed by atoms with E-state index in [1.165, 1.54) is 38.5 Å². The van der Waals surface area contributed by atoms with Crippen molar-refractivity contribution in [2.45, 2.75) is 71.3 Å². The molecule has 0 aromatic rings. The number of unbranched alkanes of at least 4 members (excludes halogenated alkanes) is 1. The van der Waals surface area contributed by atoms with Crippen molar-refractivity contribution in [1.82, 2.24) is 10.2 Å². The molecule has 4 heteroatoms. The van der Waals surface area contributed by atoms with E-state index in [4.69, 9.17) is 0 Å². The highest BCUT2D eigenvalue weighted by Crippen LogP contribution is 2.28. The van der Waals surface area contributed by atoms with Crippen molar-refractivity contribution in [2.24, 2.45) is 5.92 Å². The van der Waals surface area contributed by atoms with Gasteiger partial charge in [0.1, 0.15) is 0 Å². The number of carbonyl (C=O) groups excluding carboxylic acids is 1. The van der Waals surface area contributed by atoms with Gasteiger partial charge in [0.2, 0.25) is 5.91 Å². The Morgan fingerprint density at radius 1 is 1.10 bits per heavy atom. The molecule has 0 aromatic carbocycles. The van der Waals surface area contributed by atoms with Gasteiger partial charge >= 0.3 is 0 Å². The van der Waals surface area contributed by atoms with Crippen LogP contribution < -0.4 is 5.32 Å². The summed E-state index contributed by atoms with van der Waals surface area (Å²) in [5.74, 6) is 1.25. The normalized spacial score (nSPS) is 22.1. The van der Waals surface area contributed by atoms with E-state index in [2.05, 4.69) is 26.2 Å². The number of carbonyl (C=O) groups is 1. The Morgan fingerprint density at radius 3 is 2.20 bits per heavy atom. The topological polar surface area (TPSA) is 32.3 Å². The van der Waals surface area contributed by atoms with E-state index < -0.39 is 0 Å². The number of rotatable bonds is 8. The SMILES string of the molecule is CCN(CC)C(=O)CCCCC1CCC(NC)CC1.Cl. The summed E-state index contributed by atoms with van der Waals surface area (Å²) in [5, 5.41) is 3.38. The summed E-state index contributed by atoms with van der Waals surface area (Å²) < 4.78 is 0. The highest BCUT2D eigenvalue weighted by Gasteiger charge is 2.19. The van der Waals surface area contributed by atoms with Gasteiger partial charge in [-0.25, -0.2) is 0 Å². The van der Waals surface area contributed by atoms with Gasteiger partial charge in [0.25, 0.3) is 0 Å². The predicted molar refractivity (Wildman–Crippen MR) is 88.4 cm³/mol. The van der Waals surface area contributed by atoms with Crippen molar-refractivity contribution in [3.8, 4) is 0 Å². The van der Waals surface area contributed by atoms with Gasteiger partial charge in [0.15, 0.2) is 0 Å². The predicted octanol–water partition coefficient (Wildman–Crippen LogP) is 3.62. The minimum absolute atomic E-state index is 0. The van der Waals surface area contributed by atoms with E-state index in [0.29, 0.717) is 5.91 Å². The van der Waals surface area contributed by atoms with Gasteiger partial charge in [-0.3, -0.25) is 4.79 Å². The molecule has 0 heterocycles. The maximum absolute atomic E-state index is 11.9. The molecule has 1 fully saturated rings. The maximum atomic E-state index is 11.9. The Kier molecular flexibility index (Phi) is 11.2. The summed E-state index contributed by atoms with van der Waals surface area (Å²) in [4.78, 5) is 13.8. The molecular formula is C16H33ClN2O. The lowest BCUT2D eigenvalue weighted by molar-refractivity contribution is -0.130. The Morgan fingerprint density at radius 2 is 1.70 bits per heavy atom. The fourth-order valence-corrected chi connectivity index (χ4v) is 3.18. The molecule has 0 radical (unpaired) electrons. The molecule has 0 spiro atoms. The molecule has 0 bridgehead atoms. The molecule has 1 amide bonds. The molecule has 1 rings (SSSR count). The third-order valence-electron chi connectivity index (χ3n) is 4.62. The van der Waals surface area contributed by atoms with Gasteiger partial charge in [0.05, 0.1) is 0 Å². The first-order valence-electron chi connectivity index (χ1n) is 8.16. The summed E-state index contributed by atoms with van der Waals surface area (Å²) in [7, 11) is 2.07. The molecule has 1 N–H and O–H groups in total. The van der Waals surface area contributed by atoms with Crippen LogP contribution in [0.1, 0.15) is 65.2 Å². The first-order chi connectivity index (χ1) is 9.21. The second-order valence-corrected chi connectivity index (χ2v) is 5.82. The smallest absolute Gasteiger partial charge is 0.222 e. The molecule has 0 aromatic heterocycles. The van der Waals surface area contributed by atoms with Gasteiger partial charge < -0.3 is 10.2 Å². The monoisotopic (exact) mass is 304 g/mol. The van der Waals surface area contributed by atoms with Crippen molar-refractivity contribution in [1.29, 1.82) is 0 Å². The molecule has 3 nitrogen and oxygen atoms in total. The van der Waals surface area contributed by atoms with Gasteiger partial charge in [-0.15, -0.1) is 12.4 Å². The highest BCUT2D eigenvalue weighted by molar-refractivity contribution is 5.85. The maximum Gasteiger partial charge on any atom is 0.222 e. The van der Waals surface area contributed by atoms with Gasteiger partial charge in [-0.05, 0) is 58.9 Å². The Hall–Kier alpha value is -0.280. The van der Waals surface area contributed by atoms with Crippen LogP contribution in [0, 0.1) is 5.92 Å². The summed E-state index contributed by atoms with van der Waals surface area (Å²) in [5.41, 5.74) is 0. The largest absolute Gasteiger partial charge is 0.343 e. The lowest BCUT2D eigenvalue weighted by Crippen LogP contribution is -2.30. The molecule has 1 aliphatic carbocycles. The van der Waals surface area contributed by atoms with Gasteiger partial charge in [-0.1, -0.05) is 12.8 Å². The van der Waals surface area contributed by atoms with Crippen molar-refractivity contribution in [2.75, 3.05) is 20.1 Å². The minimum atomic E-state index is 0. The third kappa shape index (κ3) is 6.94.